The van der Waals surface area contributed by atoms with Gasteiger partial charge < -0.3 is 15.0 Å². The standard InChI is InChI=1S/C24H33N3O5S/c1-17(2)25-24(29)19(4)26(15-20-12-8-7-11-18(20)3)23(28)16-27(33(6,30)31)21-13-9-10-14-22(21)32-5/h7-14,17,19H,15-16H2,1-6H3,(H,25,29). The fourth-order valence-corrected chi connectivity index (χ4v) is 4.24. The minimum absolute atomic E-state index is 0.100. The van der Waals surface area contributed by atoms with Crippen LogP contribution in [-0.4, -0.2) is 57.1 Å². The topological polar surface area (TPSA) is 96.0 Å². The van der Waals surface area contributed by atoms with Crippen molar-refractivity contribution in [3.63, 3.8) is 0 Å². The first-order chi connectivity index (χ1) is 15.5. The molecule has 0 heterocycles. The molecule has 0 spiro atoms. The number of benzene rings is 2. The molecule has 0 aromatic heterocycles. The molecule has 1 N–H and O–H groups in total. The van der Waals surface area contributed by atoms with E-state index in [0.717, 1.165) is 21.7 Å². The average molecular weight is 476 g/mol. The Morgan fingerprint density at radius 2 is 1.64 bits per heavy atom. The normalized spacial score (nSPS) is 12.2. The summed E-state index contributed by atoms with van der Waals surface area (Å²) in [5.41, 5.74) is 2.10. The zero-order chi connectivity index (χ0) is 24.8. The van der Waals surface area contributed by atoms with E-state index in [2.05, 4.69) is 5.32 Å². The Kier molecular flexibility index (Phi) is 8.87. The number of rotatable bonds is 10. The number of nitrogens with one attached hydrogen (secondary N) is 1. The lowest BCUT2D eigenvalue weighted by atomic mass is 10.1. The highest BCUT2D eigenvalue weighted by Crippen LogP contribution is 2.29. The first-order valence-corrected chi connectivity index (χ1v) is 12.6. The second-order valence-electron chi connectivity index (χ2n) is 8.23. The summed E-state index contributed by atoms with van der Waals surface area (Å²) in [5, 5.41) is 2.83. The predicted molar refractivity (Wildman–Crippen MR) is 130 cm³/mol. The summed E-state index contributed by atoms with van der Waals surface area (Å²) >= 11 is 0. The van der Waals surface area contributed by atoms with E-state index in [1.807, 2.05) is 45.0 Å². The van der Waals surface area contributed by atoms with Gasteiger partial charge in [0.05, 0.1) is 19.1 Å². The predicted octanol–water partition coefficient (Wildman–Crippen LogP) is 2.71. The SMILES string of the molecule is COc1ccccc1N(CC(=O)N(Cc1ccccc1C)C(C)C(=O)NC(C)C)S(C)(=O)=O. The van der Waals surface area contributed by atoms with Crippen LogP contribution in [0.1, 0.15) is 31.9 Å². The second-order valence-corrected chi connectivity index (χ2v) is 10.1. The van der Waals surface area contributed by atoms with Crippen LogP contribution in [-0.2, 0) is 26.2 Å². The van der Waals surface area contributed by atoms with E-state index in [4.69, 9.17) is 4.74 Å². The molecule has 0 aliphatic rings. The molecule has 0 aliphatic heterocycles. The molecule has 0 radical (unpaired) electrons. The zero-order valence-electron chi connectivity index (χ0n) is 20.0. The Balaban J connectivity index is 2.44. The molecule has 8 nitrogen and oxygen atoms in total. The van der Waals surface area contributed by atoms with Crippen LogP contribution >= 0.6 is 0 Å². The lowest BCUT2D eigenvalue weighted by molar-refractivity contribution is -0.139. The molecule has 2 amide bonds. The minimum Gasteiger partial charge on any atom is -0.495 e. The van der Waals surface area contributed by atoms with Crippen molar-refractivity contribution in [3.05, 3.63) is 59.7 Å². The van der Waals surface area contributed by atoms with Gasteiger partial charge in [-0.1, -0.05) is 36.4 Å². The number of amides is 2. The van der Waals surface area contributed by atoms with Crippen LogP contribution in [0.4, 0.5) is 5.69 Å². The van der Waals surface area contributed by atoms with Crippen LogP contribution in [0.25, 0.3) is 0 Å². The first kappa shape index (κ1) is 26.2. The summed E-state index contributed by atoms with van der Waals surface area (Å²) in [6.07, 6.45) is 1.04. The van der Waals surface area contributed by atoms with Gasteiger partial charge in [-0.3, -0.25) is 13.9 Å². The van der Waals surface area contributed by atoms with Gasteiger partial charge in [0.15, 0.2) is 0 Å². The van der Waals surface area contributed by atoms with Gasteiger partial charge in [0, 0.05) is 12.6 Å². The van der Waals surface area contributed by atoms with Crippen molar-refractivity contribution >= 4 is 27.5 Å². The molecule has 0 aliphatic carbocycles. The zero-order valence-corrected chi connectivity index (χ0v) is 20.8. The Morgan fingerprint density at radius 1 is 1.03 bits per heavy atom. The highest BCUT2D eigenvalue weighted by atomic mass is 32.2. The van der Waals surface area contributed by atoms with E-state index in [9.17, 15) is 18.0 Å². The van der Waals surface area contributed by atoms with Crippen molar-refractivity contribution in [2.45, 2.75) is 46.3 Å². The molecule has 0 fully saturated rings. The van der Waals surface area contributed by atoms with E-state index in [0.29, 0.717) is 5.75 Å². The van der Waals surface area contributed by atoms with Crippen LogP contribution in [0.2, 0.25) is 0 Å². The summed E-state index contributed by atoms with van der Waals surface area (Å²) in [7, 11) is -2.39. The maximum atomic E-state index is 13.5. The Morgan fingerprint density at radius 3 is 2.21 bits per heavy atom. The van der Waals surface area contributed by atoms with Gasteiger partial charge in [0.2, 0.25) is 21.8 Å². The average Bonchev–Trinajstić information content (AvgIpc) is 2.75. The molecule has 9 heteroatoms. The molecule has 0 saturated carbocycles. The van der Waals surface area contributed by atoms with Crippen molar-refractivity contribution in [2.24, 2.45) is 0 Å². The summed E-state index contributed by atoms with van der Waals surface area (Å²) in [6.45, 7) is 6.94. The van der Waals surface area contributed by atoms with Crippen LogP contribution < -0.4 is 14.4 Å². The van der Waals surface area contributed by atoms with E-state index in [1.165, 1.54) is 12.0 Å². The summed E-state index contributed by atoms with van der Waals surface area (Å²) in [5.74, 6) is -0.483. The van der Waals surface area contributed by atoms with Crippen LogP contribution in [0, 0.1) is 6.92 Å². The number of nitrogens with zero attached hydrogens (tertiary/aromatic N) is 2. The van der Waals surface area contributed by atoms with Gasteiger partial charge in [-0.2, -0.15) is 0 Å². The van der Waals surface area contributed by atoms with Crippen LogP contribution in [0.3, 0.4) is 0 Å². The Labute approximate surface area is 196 Å². The molecule has 1 atom stereocenters. The largest absolute Gasteiger partial charge is 0.495 e. The maximum absolute atomic E-state index is 13.5. The molecule has 1 unspecified atom stereocenters. The van der Waals surface area contributed by atoms with Crippen molar-refractivity contribution in [3.8, 4) is 5.75 Å². The molecule has 2 aromatic rings. The minimum atomic E-state index is -3.82. The van der Waals surface area contributed by atoms with Gasteiger partial charge in [-0.25, -0.2) is 8.42 Å². The van der Waals surface area contributed by atoms with E-state index < -0.39 is 28.5 Å². The molecule has 33 heavy (non-hydrogen) atoms. The highest BCUT2D eigenvalue weighted by Gasteiger charge is 2.31. The highest BCUT2D eigenvalue weighted by molar-refractivity contribution is 7.92. The molecule has 2 rings (SSSR count). The van der Waals surface area contributed by atoms with Gasteiger partial charge in [-0.15, -0.1) is 0 Å². The van der Waals surface area contributed by atoms with E-state index in [1.54, 1.807) is 31.2 Å². The smallest absolute Gasteiger partial charge is 0.244 e. The number of aryl methyl sites for hydroxylation is 1. The number of carbonyl (C=O) groups is 2. The lowest BCUT2D eigenvalue weighted by Gasteiger charge is -2.32. The first-order valence-electron chi connectivity index (χ1n) is 10.7. The number of carbonyl (C=O) groups excluding carboxylic acids is 2. The quantitative estimate of drug-likeness (QED) is 0.570. The number of hydrogen-bond donors (Lipinski definition) is 1. The van der Waals surface area contributed by atoms with Crippen molar-refractivity contribution in [1.29, 1.82) is 0 Å². The molecular weight excluding hydrogens is 442 g/mol. The molecular formula is C24H33N3O5S. The fraction of sp³-hybridized carbons (Fsp3) is 0.417. The maximum Gasteiger partial charge on any atom is 0.244 e. The van der Waals surface area contributed by atoms with Crippen molar-refractivity contribution in [1.82, 2.24) is 10.2 Å². The monoisotopic (exact) mass is 475 g/mol. The van der Waals surface area contributed by atoms with E-state index in [-0.39, 0.29) is 24.2 Å². The number of anilines is 1. The van der Waals surface area contributed by atoms with Gasteiger partial charge in [-0.05, 0) is 51.0 Å². The lowest BCUT2D eigenvalue weighted by Crippen LogP contribution is -2.52. The molecule has 0 bridgehead atoms. The van der Waals surface area contributed by atoms with Gasteiger partial charge in [0.25, 0.3) is 0 Å². The summed E-state index contributed by atoms with van der Waals surface area (Å²) in [4.78, 5) is 27.7. The van der Waals surface area contributed by atoms with E-state index >= 15 is 0 Å². The number of para-hydroxylation sites is 2. The van der Waals surface area contributed by atoms with Crippen LogP contribution in [0.15, 0.2) is 48.5 Å². The fourth-order valence-electron chi connectivity index (χ4n) is 3.39. The molecule has 2 aromatic carbocycles. The second kappa shape index (κ2) is 11.2. The summed E-state index contributed by atoms with van der Waals surface area (Å²) in [6, 6.07) is 13.3. The number of ether oxygens (including phenoxy) is 1. The summed E-state index contributed by atoms with van der Waals surface area (Å²) < 4.78 is 31.6. The third-order valence-corrected chi connectivity index (χ3v) is 6.36. The number of sulfonamides is 1. The molecule has 180 valence electrons. The number of methoxy groups -OCH3 is 1. The van der Waals surface area contributed by atoms with Crippen LogP contribution in [0.5, 0.6) is 5.75 Å². The van der Waals surface area contributed by atoms with Gasteiger partial charge >= 0.3 is 0 Å². The molecule has 0 saturated heterocycles. The third-order valence-electron chi connectivity index (χ3n) is 5.23. The number of hydrogen-bond acceptors (Lipinski definition) is 5. The van der Waals surface area contributed by atoms with Crippen molar-refractivity contribution < 1.29 is 22.7 Å². The third kappa shape index (κ3) is 6.95. The Bertz CT molecular complexity index is 1090. The van der Waals surface area contributed by atoms with Crippen molar-refractivity contribution in [2.75, 3.05) is 24.2 Å². The Hall–Kier alpha value is -3.07. The van der Waals surface area contributed by atoms with Gasteiger partial charge in [0.1, 0.15) is 18.3 Å².